The number of hydrogen-bond acceptors (Lipinski definition) is 2. The lowest BCUT2D eigenvalue weighted by Crippen LogP contribution is -2.41. The standard InChI is InChI=1S/C8H18NO.H2O/c1-5-6-8(10)7-9(2,3)4;/h5,8,10H,1,6-7H2,2-4H3;1H2/q+1;/p-1/t8-;/m1./s1. The summed E-state index contributed by atoms with van der Waals surface area (Å²) in [7, 11) is 6.19. The minimum Gasteiger partial charge on any atom is -0.870 e. The van der Waals surface area contributed by atoms with Crippen LogP contribution in [0.2, 0.25) is 0 Å². The molecular formula is C8H19NO2. The van der Waals surface area contributed by atoms with Gasteiger partial charge >= 0.3 is 0 Å². The first-order valence-corrected chi connectivity index (χ1v) is 3.55. The number of hydrogen-bond donors (Lipinski definition) is 1. The molecule has 0 radical (unpaired) electrons. The van der Waals surface area contributed by atoms with Gasteiger partial charge in [-0.05, 0) is 6.42 Å². The molecule has 0 saturated carbocycles. The number of aliphatic hydroxyl groups is 1. The molecule has 1 atom stereocenters. The van der Waals surface area contributed by atoms with E-state index in [0.717, 1.165) is 11.0 Å². The Morgan fingerprint density at radius 2 is 1.91 bits per heavy atom. The van der Waals surface area contributed by atoms with Gasteiger partial charge in [-0.1, -0.05) is 6.08 Å². The topological polar surface area (TPSA) is 50.2 Å². The summed E-state index contributed by atoms with van der Waals surface area (Å²) in [5.74, 6) is 0. The lowest BCUT2D eigenvalue weighted by molar-refractivity contribution is -0.873. The van der Waals surface area contributed by atoms with Crippen LogP contribution in [-0.4, -0.2) is 48.9 Å². The highest BCUT2D eigenvalue weighted by Crippen LogP contribution is 1.98. The number of aliphatic hydroxyl groups excluding tert-OH is 1. The fourth-order valence-corrected chi connectivity index (χ4v) is 0.899. The van der Waals surface area contributed by atoms with Gasteiger partial charge in [0.2, 0.25) is 0 Å². The highest BCUT2D eigenvalue weighted by atomic mass is 16.3. The van der Waals surface area contributed by atoms with E-state index in [2.05, 4.69) is 27.7 Å². The van der Waals surface area contributed by atoms with E-state index in [1.54, 1.807) is 6.08 Å². The lowest BCUT2D eigenvalue weighted by Gasteiger charge is -2.26. The second-order valence-electron chi connectivity index (χ2n) is 3.65. The quantitative estimate of drug-likeness (QED) is 0.481. The van der Waals surface area contributed by atoms with Crippen LogP contribution in [0, 0.1) is 0 Å². The van der Waals surface area contributed by atoms with Gasteiger partial charge in [0.05, 0.1) is 21.1 Å². The van der Waals surface area contributed by atoms with Crippen molar-refractivity contribution in [3.63, 3.8) is 0 Å². The number of quaternary nitrogens is 1. The average molecular weight is 161 g/mol. The molecule has 0 aliphatic rings. The number of likely N-dealkylation sites (N-methyl/N-ethyl adjacent to an activating group) is 1. The maximum atomic E-state index is 9.30. The van der Waals surface area contributed by atoms with Crippen LogP contribution in [0.3, 0.4) is 0 Å². The molecule has 0 saturated heterocycles. The molecule has 3 heteroatoms. The van der Waals surface area contributed by atoms with Crippen molar-refractivity contribution in [3.05, 3.63) is 12.7 Å². The molecule has 3 nitrogen and oxygen atoms in total. The third-order valence-electron chi connectivity index (χ3n) is 1.20. The molecule has 68 valence electrons. The minimum absolute atomic E-state index is 0. The molecule has 0 heterocycles. The zero-order valence-corrected chi connectivity index (χ0v) is 7.62. The molecule has 2 N–H and O–H groups in total. The molecule has 0 aliphatic carbocycles. The first-order valence-electron chi connectivity index (χ1n) is 3.55. The van der Waals surface area contributed by atoms with Crippen LogP contribution in [0.4, 0.5) is 0 Å². The number of nitrogens with zero attached hydrogens (tertiary/aromatic N) is 1. The smallest absolute Gasteiger partial charge is 0.106 e. The number of rotatable bonds is 4. The highest BCUT2D eigenvalue weighted by Gasteiger charge is 2.12. The maximum Gasteiger partial charge on any atom is 0.106 e. The van der Waals surface area contributed by atoms with E-state index in [-0.39, 0.29) is 11.6 Å². The summed E-state index contributed by atoms with van der Waals surface area (Å²) in [6.07, 6.45) is 2.20. The van der Waals surface area contributed by atoms with Crippen molar-refractivity contribution >= 4 is 0 Å². The summed E-state index contributed by atoms with van der Waals surface area (Å²) in [6, 6.07) is 0. The Morgan fingerprint density at radius 1 is 1.45 bits per heavy atom. The van der Waals surface area contributed by atoms with E-state index >= 15 is 0 Å². The summed E-state index contributed by atoms with van der Waals surface area (Å²) in [6.45, 7) is 4.35. The van der Waals surface area contributed by atoms with Gasteiger partial charge in [0, 0.05) is 0 Å². The second kappa shape index (κ2) is 5.29. The third kappa shape index (κ3) is 9.62. The molecule has 0 spiro atoms. The van der Waals surface area contributed by atoms with Crippen molar-refractivity contribution in [2.75, 3.05) is 27.7 Å². The average Bonchev–Trinajstić information content (AvgIpc) is 1.59. The lowest BCUT2D eigenvalue weighted by atomic mass is 10.2. The largest absolute Gasteiger partial charge is 0.870 e. The predicted octanol–water partition coefficient (Wildman–Crippen LogP) is 0.453. The Labute approximate surface area is 68.8 Å². The predicted molar refractivity (Wildman–Crippen MR) is 45.7 cm³/mol. The summed E-state index contributed by atoms with van der Waals surface area (Å²) in [5.41, 5.74) is 0. The van der Waals surface area contributed by atoms with Gasteiger partial charge in [-0.15, -0.1) is 6.58 Å². The molecule has 0 bridgehead atoms. The van der Waals surface area contributed by atoms with E-state index in [4.69, 9.17) is 0 Å². The maximum absolute atomic E-state index is 9.30. The Balaban J connectivity index is 0. The Kier molecular flexibility index (Phi) is 6.37. The molecule has 0 fully saturated rings. The summed E-state index contributed by atoms with van der Waals surface area (Å²) in [5, 5.41) is 9.30. The van der Waals surface area contributed by atoms with Gasteiger partial charge in [0.1, 0.15) is 12.6 Å². The molecule has 0 amide bonds. The minimum atomic E-state index is -0.238. The normalized spacial score (nSPS) is 13.5. The monoisotopic (exact) mass is 161 g/mol. The van der Waals surface area contributed by atoms with Crippen molar-refractivity contribution in [2.24, 2.45) is 0 Å². The molecule has 0 aliphatic heterocycles. The SMILES string of the molecule is C=CC[C@@H](O)C[N+](C)(C)C.[OH-]. The second-order valence-corrected chi connectivity index (χ2v) is 3.65. The van der Waals surface area contributed by atoms with Crippen LogP contribution in [0.5, 0.6) is 0 Å². The van der Waals surface area contributed by atoms with Crippen LogP contribution < -0.4 is 0 Å². The van der Waals surface area contributed by atoms with Gasteiger partial charge in [-0.25, -0.2) is 0 Å². The fourth-order valence-electron chi connectivity index (χ4n) is 0.899. The summed E-state index contributed by atoms with van der Waals surface area (Å²) < 4.78 is 0.801. The summed E-state index contributed by atoms with van der Waals surface area (Å²) >= 11 is 0. The van der Waals surface area contributed by atoms with Crippen LogP contribution in [0.1, 0.15) is 6.42 Å². The molecule has 0 aromatic carbocycles. The molecule has 0 rings (SSSR count). The van der Waals surface area contributed by atoms with E-state index in [0.29, 0.717) is 6.42 Å². The van der Waals surface area contributed by atoms with E-state index in [1.165, 1.54) is 0 Å². The third-order valence-corrected chi connectivity index (χ3v) is 1.20. The Hall–Kier alpha value is -0.380. The van der Waals surface area contributed by atoms with Crippen LogP contribution in [0.25, 0.3) is 0 Å². The van der Waals surface area contributed by atoms with E-state index in [9.17, 15) is 5.11 Å². The van der Waals surface area contributed by atoms with Gasteiger partial charge in [0.25, 0.3) is 0 Å². The molecule has 0 aromatic rings. The van der Waals surface area contributed by atoms with E-state index < -0.39 is 0 Å². The zero-order valence-electron chi connectivity index (χ0n) is 7.62. The van der Waals surface area contributed by atoms with Crippen LogP contribution >= 0.6 is 0 Å². The zero-order chi connectivity index (χ0) is 8.20. The molecular weight excluding hydrogens is 142 g/mol. The fraction of sp³-hybridized carbons (Fsp3) is 0.750. The molecule has 0 unspecified atom stereocenters. The van der Waals surface area contributed by atoms with Crippen molar-refractivity contribution in [1.82, 2.24) is 0 Å². The molecule has 11 heavy (non-hydrogen) atoms. The first kappa shape index (κ1) is 13.2. The Bertz CT molecular complexity index is 107. The van der Waals surface area contributed by atoms with Crippen molar-refractivity contribution in [2.45, 2.75) is 12.5 Å². The summed E-state index contributed by atoms with van der Waals surface area (Å²) in [4.78, 5) is 0. The van der Waals surface area contributed by atoms with Gasteiger partial charge in [0.15, 0.2) is 0 Å². The highest BCUT2D eigenvalue weighted by molar-refractivity contribution is 4.71. The van der Waals surface area contributed by atoms with E-state index in [1.807, 2.05) is 0 Å². The van der Waals surface area contributed by atoms with Gasteiger partial charge < -0.3 is 15.1 Å². The van der Waals surface area contributed by atoms with Crippen LogP contribution in [-0.2, 0) is 0 Å². The molecule has 0 aromatic heterocycles. The Morgan fingerprint density at radius 3 is 2.18 bits per heavy atom. The van der Waals surface area contributed by atoms with Gasteiger partial charge in [-0.2, -0.15) is 0 Å². The van der Waals surface area contributed by atoms with Crippen molar-refractivity contribution in [1.29, 1.82) is 0 Å². The van der Waals surface area contributed by atoms with Crippen molar-refractivity contribution in [3.8, 4) is 0 Å². The van der Waals surface area contributed by atoms with Crippen molar-refractivity contribution < 1.29 is 15.1 Å². The van der Waals surface area contributed by atoms with Crippen LogP contribution in [0.15, 0.2) is 12.7 Å². The first-order chi connectivity index (χ1) is 4.45. The van der Waals surface area contributed by atoms with Gasteiger partial charge in [-0.3, -0.25) is 0 Å².